The maximum absolute atomic E-state index is 12.7. The SMILES string of the molecule is O=C(Nc1nncs1)C1CCN(c2ncc(C(F)(F)F)cc2Cl)CC1. The number of hydrogen-bond donors (Lipinski definition) is 1. The van der Waals surface area contributed by atoms with Crippen LogP contribution in [0.4, 0.5) is 24.1 Å². The normalized spacial score (nSPS) is 16.1. The molecule has 0 saturated carbocycles. The number of aromatic nitrogens is 3. The predicted octanol–water partition coefficient (Wildman–Crippen LogP) is 3.46. The van der Waals surface area contributed by atoms with Gasteiger partial charge in [-0.1, -0.05) is 22.9 Å². The molecule has 134 valence electrons. The molecular formula is C14H13ClF3N5OS. The summed E-state index contributed by atoms with van der Waals surface area (Å²) in [6, 6.07) is 0.873. The molecule has 0 bridgehead atoms. The number of nitrogens with zero attached hydrogens (tertiary/aromatic N) is 4. The van der Waals surface area contributed by atoms with Gasteiger partial charge >= 0.3 is 6.18 Å². The van der Waals surface area contributed by atoms with Crippen LogP contribution in [-0.2, 0) is 11.0 Å². The second kappa shape index (κ2) is 7.12. The van der Waals surface area contributed by atoms with E-state index in [1.165, 1.54) is 16.8 Å². The lowest BCUT2D eigenvalue weighted by molar-refractivity contribution is -0.137. The van der Waals surface area contributed by atoms with Crippen molar-refractivity contribution in [3.8, 4) is 0 Å². The standard InChI is InChI=1S/C14H13ClF3N5OS/c15-10-5-9(14(16,17)18)6-19-11(10)23-3-1-8(2-4-23)12(24)21-13-22-20-7-25-13/h5-8H,1-4H2,(H,21,22,24). The molecule has 1 fully saturated rings. The maximum atomic E-state index is 12.7. The molecule has 6 nitrogen and oxygen atoms in total. The second-order valence-corrected chi connectivity index (χ2v) is 6.76. The van der Waals surface area contributed by atoms with Gasteiger partial charge in [0, 0.05) is 25.2 Å². The number of pyridine rings is 1. The van der Waals surface area contributed by atoms with E-state index in [1.54, 1.807) is 4.90 Å². The highest BCUT2D eigenvalue weighted by Gasteiger charge is 2.33. The molecule has 0 spiro atoms. The first-order chi connectivity index (χ1) is 11.8. The number of hydrogen-bond acceptors (Lipinski definition) is 6. The molecule has 25 heavy (non-hydrogen) atoms. The van der Waals surface area contributed by atoms with Crippen molar-refractivity contribution in [3.63, 3.8) is 0 Å². The van der Waals surface area contributed by atoms with Gasteiger partial charge in [-0.25, -0.2) is 4.98 Å². The molecule has 0 aliphatic carbocycles. The monoisotopic (exact) mass is 391 g/mol. The molecule has 3 rings (SSSR count). The third-order valence-corrected chi connectivity index (χ3v) is 4.79. The smallest absolute Gasteiger partial charge is 0.355 e. The highest BCUT2D eigenvalue weighted by molar-refractivity contribution is 7.13. The lowest BCUT2D eigenvalue weighted by Gasteiger charge is -2.32. The van der Waals surface area contributed by atoms with Crippen LogP contribution in [0.15, 0.2) is 17.8 Å². The molecule has 1 aliphatic rings. The molecule has 3 heterocycles. The van der Waals surface area contributed by atoms with Gasteiger partial charge < -0.3 is 10.2 Å². The summed E-state index contributed by atoms with van der Waals surface area (Å²) in [6.45, 7) is 0.957. The average molecular weight is 392 g/mol. The van der Waals surface area contributed by atoms with Gasteiger partial charge in [-0.05, 0) is 18.9 Å². The molecule has 0 atom stereocenters. The van der Waals surface area contributed by atoms with Gasteiger partial charge in [0.1, 0.15) is 11.3 Å². The number of piperidine rings is 1. The molecule has 0 radical (unpaired) electrons. The molecule has 1 saturated heterocycles. The van der Waals surface area contributed by atoms with Crippen LogP contribution in [0.25, 0.3) is 0 Å². The zero-order chi connectivity index (χ0) is 18.0. The van der Waals surface area contributed by atoms with Gasteiger partial charge in [0.2, 0.25) is 11.0 Å². The number of amides is 1. The number of carbonyl (C=O) groups is 1. The Labute approximate surface area is 150 Å². The largest absolute Gasteiger partial charge is 0.417 e. The lowest BCUT2D eigenvalue weighted by Crippen LogP contribution is -2.38. The number of alkyl halides is 3. The number of halogens is 4. The topological polar surface area (TPSA) is 71.0 Å². The molecule has 1 aliphatic heterocycles. The van der Waals surface area contributed by atoms with Crippen LogP contribution in [0.2, 0.25) is 5.02 Å². The zero-order valence-corrected chi connectivity index (χ0v) is 14.3. The summed E-state index contributed by atoms with van der Waals surface area (Å²) in [4.78, 5) is 17.8. The molecule has 0 unspecified atom stereocenters. The Bertz CT molecular complexity index is 747. The molecule has 11 heteroatoms. The van der Waals surface area contributed by atoms with Crippen molar-refractivity contribution in [2.24, 2.45) is 5.92 Å². The molecule has 1 amide bonds. The summed E-state index contributed by atoms with van der Waals surface area (Å²) >= 11 is 7.20. The Hall–Kier alpha value is -1.94. The number of anilines is 2. The van der Waals surface area contributed by atoms with Crippen molar-refractivity contribution in [1.82, 2.24) is 15.2 Å². The average Bonchev–Trinajstić information content (AvgIpc) is 3.07. The summed E-state index contributed by atoms with van der Waals surface area (Å²) in [5, 5.41) is 10.5. The third-order valence-electron chi connectivity index (χ3n) is 3.90. The van der Waals surface area contributed by atoms with E-state index >= 15 is 0 Å². The molecule has 2 aromatic heterocycles. The third kappa shape index (κ3) is 4.18. The van der Waals surface area contributed by atoms with E-state index in [4.69, 9.17) is 11.6 Å². The van der Waals surface area contributed by atoms with E-state index in [-0.39, 0.29) is 16.8 Å². The zero-order valence-electron chi connectivity index (χ0n) is 12.8. The van der Waals surface area contributed by atoms with Crippen molar-refractivity contribution < 1.29 is 18.0 Å². The highest BCUT2D eigenvalue weighted by atomic mass is 35.5. The van der Waals surface area contributed by atoms with E-state index in [2.05, 4.69) is 20.5 Å². The van der Waals surface area contributed by atoms with E-state index in [9.17, 15) is 18.0 Å². The fourth-order valence-corrected chi connectivity index (χ4v) is 3.34. The van der Waals surface area contributed by atoms with Crippen LogP contribution in [0.5, 0.6) is 0 Å². The fourth-order valence-electron chi connectivity index (χ4n) is 2.61. The summed E-state index contributed by atoms with van der Waals surface area (Å²) in [6.07, 6.45) is -2.62. The molecule has 0 aromatic carbocycles. The van der Waals surface area contributed by atoms with Crippen LogP contribution in [-0.4, -0.2) is 34.2 Å². The van der Waals surface area contributed by atoms with Gasteiger partial charge in [-0.15, -0.1) is 10.2 Å². The van der Waals surface area contributed by atoms with Crippen molar-refractivity contribution in [1.29, 1.82) is 0 Å². The molecule has 2 aromatic rings. The van der Waals surface area contributed by atoms with Crippen molar-refractivity contribution in [2.75, 3.05) is 23.3 Å². The van der Waals surface area contributed by atoms with Gasteiger partial charge in [0.15, 0.2) is 0 Å². The maximum Gasteiger partial charge on any atom is 0.417 e. The Morgan fingerprint density at radius 1 is 1.36 bits per heavy atom. The Kier molecular flexibility index (Phi) is 5.09. The summed E-state index contributed by atoms with van der Waals surface area (Å²) in [5.74, 6) is -0.0334. The number of rotatable bonds is 3. The van der Waals surface area contributed by atoms with Gasteiger partial charge in [-0.3, -0.25) is 4.79 Å². The first-order valence-electron chi connectivity index (χ1n) is 7.39. The predicted molar refractivity (Wildman–Crippen MR) is 87.7 cm³/mol. The van der Waals surface area contributed by atoms with Gasteiger partial charge in [0.25, 0.3) is 0 Å². The quantitative estimate of drug-likeness (QED) is 0.867. The Morgan fingerprint density at radius 2 is 2.08 bits per heavy atom. The summed E-state index contributed by atoms with van der Waals surface area (Å²) < 4.78 is 38.0. The minimum Gasteiger partial charge on any atom is -0.355 e. The summed E-state index contributed by atoms with van der Waals surface area (Å²) in [7, 11) is 0. The van der Waals surface area contributed by atoms with Gasteiger partial charge in [0.05, 0.1) is 10.6 Å². The minimum atomic E-state index is -4.48. The first-order valence-corrected chi connectivity index (χ1v) is 8.65. The van der Waals surface area contributed by atoms with Crippen molar-refractivity contribution in [3.05, 3.63) is 28.4 Å². The Morgan fingerprint density at radius 3 is 2.64 bits per heavy atom. The van der Waals surface area contributed by atoms with E-state index < -0.39 is 11.7 Å². The van der Waals surface area contributed by atoms with Crippen molar-refractivity contribution >= 4 is 39.8 Å². The van der Waals surface area contributed by atoms with Crippen molar-refractivity contribution in [2.45, 2.75) is 19.0 Å². The second-order valence-electron chi connectivity index (χ2n) is 5.52. The molecule has 1 N–H and O–H groups in total. The minimum absolute atomic E-state index is 0.0495. The first kappa shape index (κ1) is 17.9. The van der Waals surface area contributed by atoms with Crippen LogP contribution < -0.4 is 10.2 Å². The van der Waals surface area contributed by atoms with E-state index in [0.717, 1.165) is 12.3 Å². The van der Waals surface area contributed by atoms with Gasteiger partial charge in [-0.2, -0.15) is 13.2 Å². The van der Waals surface area contributed by atoms with E-state index in [0.29, 0.717) is 36.9 Å². The molecular weight excluding hydrogens is 379 g/mol. The summed E-state index contributed by atoms with van der Waals surface area (Å²) in [5.41, 5.74) is 0.642. The number of carbonyl (C=O) groups excluding carboxylic acids is 1. The fraction of sp³-hybridized carbons (Fsp3) is 0.429. The highest BCUT2D eigenvalue weighted by Crippen LogP contribution is 2.34. The van der Waals surface area contributed by atoms with Crippen LogP contribution >= 0.6 is 22.9 Å². The van der Waals surface area contributed by atoms with Crippen LogP contribution in [0, 0.1) is 5.92 Å². The van der Waals surface area contributed by atoms with Crippen LogP contribution in [0.1, 0.15) is 18.4 Å². The van der Waals surface area contributed by atoms with Crippen LogP contribution in [0.3, 0.4) is 0 Å². The van der Waals surface area contributed by atoms with E-state index in [1.807, 2.05) is 0 Å². The lowest BCUT2D eigenvalue weighted by atomic mass is 9.96. The number of nitrogens with one attached hydrogen (secondary N) is 1. The Balaban J connectivity index is 1.61.